The second kappa shape index (κ2) is 7.37. The lowest BCUT2D eigenvalue weighted by Crippen LogP contribution is -2.41. The van der Waals surface area contributed by atoms with E-state index in [-0.39, 0.29) is 13.0 Å². The van der Waals surface area contributed by atoms with Crippen LogP contribution < -0.4 is 5.32 Å². The first-order chi connectivity index (χ1) is 10.6. The van der Waals surface area contributed by atoms with Crippen molar-refractivity contribution in [3.8, 4) is 5.69 Å². The quantitative estimate of drug-likeness (QED) is 0.798. The summed E-state index contributed by atoms with van der Waals surface area (Å²) in [5.74, 6) is -1.52. The zero-order chi connectivity index (χ0) is 15.9. The molecule has 0 aliphatic carbocycles. The van der Waals surface area contributed by atoms with Gasteiger partial charge in [-0.3, -0.25) is 4.79 Å². The van der Waals surface area contributed by atoms with Crippen LogP contribution in [0.3, 0.4) is 0 Å². The summed E-state index contributed by atoms with van der Waals surface area (Å²) in [5, 5.41) is 15.7. The number of aromatic nitrogens is 2. The average molecular weight is 303 g/mol. The van der Waals surface area contributed by atoms with Crippen LogP contribution in [0.1, 0.15) is 16.8 Å². The van der Waals surface area contributed by atoms with Gasteiger partial charge in [0.15, 0.2) is 0 Å². The number of hydrogen-bond acceptors (Lipinski definition) is 4. The fourth-order valence-corrected chi connectivity index (χ4v) is 1.92. The van der Waals surface area contributed by atoms with Gasteiger partial charge in [-0.2, -0.15) is 5.10 Å². The molecule has 0 spiro atoms. The zero-order valence-corrected chi connectivity index (χ0v) is 12.1. The van der Waals surface area contributed by atoms with E-state index in [0.717, 1.165) is 5.69 Å². The molecular weight excluding hydrogens is 286 g/mol. The Morgan fingerprint density at radius 3 is 2.64 bits per heavy atom. The highest BCUT2D eigenvalue weighted by atomic mass is 16.5. The van der Waals surface area contributed by atoms with E-state index in [0.29, 0.717) is 5.56 Å². The normalized spacial score (nSPS) is 11.9. The van der Waals surface area contributed by atoms with Crippen molar-refractivity contribution in [2.24, 2.45) is 0 Å². The fraction of sp³-hybridized carbons (Fsp3) is 0.267. The van der Waals surface area contributed by atoms with Gasteiger partial charge in [-0.1, -0.05) is 0 Å². The Hall–Kier alpha value is -2.67. The van der Waals surface area contributed by atoms with Crippen LogP contribution in [0.15, 0.2) is 42.7 Å². The minimum atomic E-state index is -1.08. The van der Waals surface area contributed by atoms with E-state index in [2.05, 4.69) is 10.4 Å². The third-order valence-corrected chi connectivity index (χ3v) is 3.11. The third kappa shape index (κ3) is 3.92. The molecule has 22 heavy (non-hydrogen) atoms. The van der Waals surface area contributed by atoms with Gasteiger partial charge in [0.25, 0.3) is 5.91 Å². The second-order valence-electron chi connectivity index (χ2n) is 4.64. The van der Waals surface area contributed by atoms with Crippen LogP contribution in [0.4, 0.5) is 0 Å². The number of rotatable bonds is 7. The van der Waals surface area contributed by atoms with E-state index < -0.39 is 17.9 Å². The Bertz CT molecular complexity index is 623. The monoisotopic (exact) mass is 303 g/mol. The summed E-state index contributed by atoms with van der Waals surface area (Å²) in [4.78, 5) is 23.2. The SMILES string of the molecule is COCCC(NC(=O)c1ccc(-n2cccn2)cc1)C(=O)O. The van der Waals surface area contributed by atoms with E-state index in [9.17, 15) is 9.59 Å². The maximum Gasteiger partial charge on any atom is 0.326 e. The lowest BCUT2D eigenvalue weighted by molar-refractivity contribution is -0.139. The number of ether oxygens (including phenoxy) is 1. The number of hydrogen-bond donors (Lipinski definition) is 2. The lowest BCUT2D eigenvalue weighted by Gasteiger charge is -2.14. The molecule has 2 aromatic rings. The van der Waals surface area contributed by atoms with Crippen LogP contribution in [-0.2, 0) is 9.53 Å². The molecule has 0 saturated heterocycles. The number of nitrogens with one attached hydrogen (secondary N) is 1. The van der Waals surface area contributed by atoms with Crippen LogP contribution in [0.2, 0.25) is 0 Å². The van der Waals surface area contributed by atoms with E-state index in [1.807, 2.05) is 0 Å². The molecule has 7 nitrogen and oxygen atoms in total. The highest BCUT2D eigenvalue weighted by Gasteiger charge is 2.20. The van der Waals surface area contributed by atoms with E-state index in [1.54, 1.807) is 47.4 Å². The molecule has 0 saturated carbocycles. The third-order valence-electron chi connectivity index (χ3n) is 3.11. The number of benzene rings is 1. The Labute approximate surface area is 127 Å². The average Bonchev–Trinajstić information content (AvgIpc) is 3.05. The second-order valence-corrected chi connectivity index (χ2v) is 4.64. The minimum Gasteiger partial charge on any atom is -0.480 e. The molecule has 0 bridgehead atoms. The van der Waals surface area contributed by atoms with E-state index in [1.165, 1.54) is 7.11 Å². The summed E-state index contributed by atoms with van der Waals surface area (Å²) in [7, 11) is 1.48. The summed E-state index contributed by atoms with van der Waals surface area (Å²) in [6, 6.07) is 7.56. The van der Waals surface area contributed by atoms with Crippen LogP contribution in [0, 0.1) is 0 Å². The molecule has 116 valence electrons. The van der Waals surface area contributed by atoms with Gasteiger partial charge >= 0.3 is 5.97 Å². The van der Waals surface area contributed by atoms with Gasteiger partial charge in [-0.05, 0) is 30.3 Å². The van der Waals surface area contributed by atoms with Crippen LogP contribution in [0.25, 0.3) is 5.69 Å². The molecular formula is C15H17N3O4. The molecule has 2 N–H and O–H groups in total. The number of carboxylic acids is 1. The molecule has 0 fully saturated rings. The summed E-state index contributed by atoms with van der Waals surface area (Å²) in [6.45, 7) is 0.259. The van der Waals surface area contributed by atoms with Crippen molar-refractivity contribution in [2.45, 2.75) is 12.5 Å². The summed E-state index contributed by atoms with van der Waals surface area (Å²) < 4.78 is 6.51. The zero-order valence-electron chi connectivity index (χ0n) is 12.1. The topological polar surface area (TPSA) is 93.5 Å². The van der Waals surface area contributed by atoms with Crippen molar-refractivity contribution in [3.05, 3.63) is 48.3 Å². The Morgan fingerprint density at radius 1 is 1.36 bits per heavy atom. The highest BCUT2D eigenvalue weighted by molar-refractivity contribution is 5.96. The van der Waals surface area contributed by atoms with Crippen molar-refractivity contribution >= 4 is 11.9 Å². The van der Waals surface area contributed by atoms with E-state index >= 15 is 0 Å². The van der Waals surface area contributed by atoms with Gasteiger partial charge < -0.3 is 15.2 Å². The molecule has 1 unspecified atom stereocenters. The molecule has 1 aromatic carbocycles. The number of carboxylic acid groups (broad SMARTS) is 1. The highest BCUT2D eigenvalue weighted by Crippen LogP contribution is 2.09. The number of carbonyl (C=O) groups is 2. The van der Waals surface area contributed by atoms with Gasteiger partial charge in [0.2, 0.25) is 0 Å². The van der Waals surface area contributed by atoms with Crippen molar-refractivity contribution < 1.29 is 19.4 Å². The van der Waals surface area contributed by atoms with Gasteiger partial charge in [0, 0.05) is 38.1 Å². The predicted molar refractivity (Wildman–Crippen MR) is 78.9 cm³/mol. The fourth-order valence-electron chi connectivity index (χ4n) is 1.92. The first kappa shape index (κ1) is 15.7. The summed E-state index contributed by atoms with van der Waals surface area (Å²) in [6.07, 6.45) is 3.66. The number of amides is 1. The number of methoxy groups -OCH3 is 1. The molecule has 0 aliphatic rings. The molecule has 1 aromatic heterocycles. The minimum absolute atomic E-state index is 0.211. The molecule has 0 aliphatic heterocycles. The number of nitrogens with zero attached hydrogens (tertiary/aromatic N) is 2. The lowest BCUT2D eigenvalue weighted by atomic mass is 10.1. The van der Waals surface area contributed by atoms with Crippen LogP contribution >= 0.6 is 0 Å². The largest absolute Gasteiger partial charge is 0.480 e. The first-order valence-electron chi connectivity index (χ1n) is 6.74. The Morgan fingerprint density at radius 2 is 2.09 bits per heavy atom. The van der Waals surface area contributed by atoms with Gasteiger partial charge in [-0.25, -0.2) is 9.48 Å². The molecule has 7 heteroatoms. The van der Waals surface area contributed by atoms with Crippen molar-refractivity contribution in [1.29, 1.82) is 0 Å². The van der Waals surface area contributed by atoms with Crippen molar-refractivity contribution in [1.82, 2.24) is 15.1 Å². The molecule has 1 amide bonds. The molecule has 2 rings (SSSR count). The predicted octanol–water partition coefficient (Wildman–Crippen LogP) is 1.09. The van der Waals surface area contributed by atoms with Crippen molar-refractivity contribution in [3.63, 3.8) is 0 Å². The standard InChI is InChI=1S/C15H17N3O4/c1-22-10-7-13(15(20)21)17-14(19)11-3-5-12(6-4-11)18-9-2-8-16-18/h2-6,8-9,13H,7,10H2,1H3,(H,17,19)(H,20,21). The maximum absolute atomic E-state index is 12.1. The first-order valence-corrected chi connectivity index (χ1v) is 6.74. The van der Waals surface area contributed by atoms with Crippen LogP contribution in [-0.4, -0.2) is 46.5 Å². The smallest absolute Gasteiger partial charge is 0.326 e. The summed E-state index contributed by atoms with van der Waals surface area (Å²) >= 11 is 0. The maximum atomic E-state index is 12.1. The molecule has 1 heterocycles. The Balaban J connectivity index is 2.04. The van der Waals surface area contributed by atoms with E-state index in [4.69, 9.17) is 9.84 Å². The summed E-state index contributed by atoms with van der Waals surface area (Å²) in [5.41, 5.74) is 1.20. The molecule has 0 radical (unpaired) electrons. The van der Waals surface area contributed by atoms with Crippen molar-refractivity contribution in [2.75, 3.05) is 13.7 Å². The number of aliphatic carboxylic acids is 1. The van der Waals surface area contributed by atoms with Gasteiger partial charge in [-0.15, -0.1) is 0 Å². The van der Waals surface area contributed by atoms with Crippen LogP contribution in [0.5, 0.6) is 0 Å². The number of carbonyl (C=O) groups excluding carboxylic acids is 1. The van der Waals surface area contributed by atoms with Gasteiger partial charge in [0.1, 0.15) is 6.04 Å². The molecule has 1 atom stereocenters. The Kier molecular flexibility index (Phi) is 5.26. The van der Waals surface area contributed by atoms with Gasteiger partial charge in [0.05, 0.1) is 5.69 Å².